The van der Waals surface area contributed by atoms with Gasteiger partial charge in [0.25, 0.3) is 0 Å². The molecule has 0 fully saturated rings. The van der Waals surface area contributed by atoms with Crippen LogP contribution >= 0.6 is 35.6 Å². The molecule has 2 aromatic rings. The highest BCUT2D eigenvalue weighted by Crippen LogP contribution is 2.31. The quantitative estimate of drug-likeness (QED) is 0.794. The Morgan fingerprint density at radius 2 is 2.12 bits per heavy atom. The summed E-state index contributed by atoms with van der Waals surface area (Å²) in [5, 5.41) is 0.691. The van der Waals surface area contributed by atoms with E-state index in [1.165, 1.54) is 11.3 Å². The van der Waals surface area contributed by atoms with Crippen molar-refractivity contribution in [2.45, 2.75) is 11.5 Å². The van der Waals surface area contributed by atoms with Gasteiger partial charge in [-0.25, -0.2) is 4.98 Å². The van der Waals surface area contributed by atoms with Crippen molar-refractivity contribution in [1.29, 1.82) is 0 Å². The Kier molecular flexibility index (Phi) is 2.94. The fourth-order valence-corrected chi connectivity index (χ4v) is 3.52. The number of hydrogen-bond acceptors (Lipinski definition) is 3. The molecule has 3 rings (SSSR count). The number of fused-ring (bicyclic) bond motifs is 1. The largest absolute Gasteiger partial charge is 0.342 e. The molecule has 1 aliphatic rings. The van der Waals surface area contributed by atoms with Crippen LogP contribution in [-0.2, 0) is 11.5 Å². The van der Waals surface area contributed by atoms with Crippen molar-refractivity contribution in [1.82, 2.24) is 9.97 Å². The summed E-state index contributed by atoms with van der Waals surface area (Å²) in [6, 6.07) is 7.66. The summed E-state index contributed by atoms with van der Waals surface area (Å²) in [7, 11) is 0. The van der Waals surface area contributed by atoms with Crippen LogP contribution < -0.4 is 0 Å². The molecule has 1 aliphatic heterocycles. The first kappa shape index (κ1) is 11.3. The van der Waals surface area contributed by atoms with Gasteiger partial charge >= 0.3 is 0 Å². The molecular weight excluding hydrogens is 272 g/mol. The fourth-order valence-electron chi connectivity index (χ4n) is 1.85. The molecule has 0 spiro atoms. The average Bonchev–Trinajstić information content (AvgIpc) is 2.78. The average molecular weight is 281 g/mol. The normalized spacial score (nSPS) is 13.7. The molecule has 0 radical (unpaired) electrons. The van der Waals surface area contributed by atoms with Crippen molar-refractivity contribution in [2.75, 3.05) is 0 Å². The number of H-pyrrole nitrogens is 1. The number of aromatic nitrogens is 2. The van der Waals surface area contributed by atoms with Gasteiger partial charge < -0.3 is 4.98 Å². The minimum absolute atomic E-state index is 0.691. The van der Waals surface area contributed by atoms with Crippen molar-refractivity contribution >= 4 is 35.6 Å². The summed E-state index contributed by atoms with van der Waals surface area (Å²) in [6.07, 6.45) is 0. The highest BCUT2D eigenvalue weighted by molar-refractivity contribution is 7.98. The van der Waals surface area contributed by atoms with Crippen molar-refractivity contribution in [3.05, 3.63) is 45.2 Å². The molecule has 0 amide bonds. The zero-order valence-electron chi connectivity index (χ0n) is 8.87. The Bertz CT molecular complexity index is 637. The number of aromatic amines is 1. The highest BCUT2D eigenvalue weighted by atomic mass is 35.5. The van der Waals surface area contributed by atoms with E-state index in [2.05, 4.69) is 9.97 Å². The molecule has 0 atom stereocenters. The first-order valence-electron chi connectivity index (χ1n) is 5.20. The standard InChI is InChI=1S/C12H9ClN2S2/c13-9-4-2-1-3-7(9)11-14-10-6-17-5-8(10)12(16)15-11/h1-4H,5-6H2,(H,14,15,16). The van der Waals surface area contributed by atoms with E-state index >= 15 is 0 Å². The minimum Gasteiger partial charge on any atom is -0.342 e. The zero-order chi connectivity index (χ0) is 11.8. The predicted molar refractivity (Wildman–Crippen MR) is 74.9 cm³/mol. The van der Waals surface area contributed by atoms with Gasteiger partial charge in [-0.1, -0.05) is 36.0 Å². The minimum atomic E-state index is 0.691. The Hall–Kier alpha value is -0.840. The summed E-state index contributed by atoms with van der Waals surface area (Å²) < 4.78 is 0.693. The van der Waals surface area contributed by atoms with Crippen LogP contribution in [-0.4, -0.2) is 9.97 Å². The van der Waals surface area contributed by atoms with E-state index in [4.69, 9.17) is 23.8 Å². The Balaban J connectivity index is 2.20. The van der Waals surface area contributed by atoms with E-state index in [-0.39, 0.29) is 0 Å². The molecule has 0 unspecified atom stereocenters. The van der Waals surface area contributed by atoms with Crippen LogP contribution in [0.25, 0.3) is 11.4 Å². The molecular formula is C12H9ClN2S2. The van der Waals surface area contributed by atoms with Gasteiger partial charge in [0, 0.05) is 28.3 Å². The molecule has 2 heterocycles. The molecule has 5 heteroatoms. The lowest BCUT2D eigenvalue weighted by molar-refractivity contribution is 1.06. The third kappa shape index (κ3) is 2.01. The van der Waals surface area contributed by atoms with Gasteiger partial charge in [0.05, 0.1) is 5.02 Å². The second kappa shape index (κ2) is 4.44. The molecule has 2 nitrogen and oxygen atoms in total. The third-order valence-electron chi connectivity index (χ3n) is 2.73. The molecule has 0 aliphatic carbocycles. The van der Waals surface area contributed by atoms with E-state index in [0.29, 0.717) is 9.66 Å². The number of nitrogens with one attached hydrogen (secondary N) is 1. The molecule has 86 valence electrons. The number of hydrogen-bond donors (Lipinski definition) is 1. The number of thioether (sulfide) groups is 1. The number of halogens is 1. The molecule has 0 bridgehead atoms. The number of nitrogens with zero attached hydrogens (tertiary/aromatic N) is 1. The van der Waals surface area contributed by atoms with Crippen LogP contribution in [0.2, 0.25) is 5.02 Å². The summed E-state index contributed by atoms with van der Waals surface area (Å²) >= 11 is 13.3. The predicted octanol–water partition coefficient (Wildman–Crippen LogP) is 4.21. The second-order valence-corrected chi connectivity index (χ2v) is 5.60. The maximum absolute atomic E-state index is 6.16. The van der Waals surface area contributed by atoms with Crippen LogP contribution in [0.4, 0.5) is 0 Å². The summed E-state index contributed by atoms with van der Waals surface area (Å²) in [5.41, 5.74) is 3.26. The van der Waals surface area contributed by atoms with Crippen LogP contribution in [0, 0.1) is 4.64 Å². The van der Waals surface area contributed by atoms with Gasteiger partial charge in [0.15, 0.2) is 0 Å². The van der Waals surface area contributed by atoms with Gasteiger partial charge in [-0.05, 0) is 12.1 Å². The maximum atomic E-state index is 6.16. The highest BCUT2D eigenvalue weighted by Gasteiger charge is 2.16. The molecule has 0 saturated heterocycles. The van der Waals surface area contributed by atoms with Crippen LogP contribution in [0.1, 0.15) is 11.3 Å². The van der Waals surface area contributed by atoms with E-state index in [9.17, 15) is 0 Å². The van der Waals surface area contributed by atoms with E-state index in [0.717, 1.165) is 22.9 Å². The lowest BCUT2D eigenvalue weighted by Crippen LogP contribution is -1.97. The number of benzene rings is 1. The summed E-state index contributed by atoms with van der Waals surface area (Å²) in [5.74, 6) is 2.70. The van der Waals surface area contributed by atoms with Crippen LogP contribution in [0.3, 0.4) is 0 Å². The third-order valence-corrected chi connectivity index (χ3v) is 4.38. The van der Waals surface area contributed by atoms with E-state index in [1.807, 2.05) is 36.0 Å². The Morgan fingerprint density at radius 1 is 1.29 bits per heavy atom. The van der Waals surface area contributed by atoms with Gasteiger partial charge in [-0.2, -0.15) is 11.8 Å². The Labute approximate surface area is 113 Å². The SMILES string of the molecule is S=c1nc(-c2ccccc2Cl)[nH]c2c1CSC2. The Morgan fingerprint density at radius 3 is 2.94 bits per heavy atom. The first-order chi connectivity index (χ1) is 8.25. The van der Waals surface area contributed by atoms with Crippen molar-refractivity contribution in [3.63, 3.8) is 0 Å². The van der Waals surface area contributed by atoms with Gasteiger partial charge in [-0.3, -0.25) is 0 Å². The second-order valence-electron chi connectivity index (χ2n) is 3.82. The number of rotatable bonds is 1. The van der Waals surface area contributed by atoms with Crippen LogP contribution in [0.5, 0.6) is 0 Å². The topological polar surface area (TPSA) is 28.7 Å². The fraction of sp³-hybridized carbons (Fsp3) is 0.167. The first-order valence-corrected chi connectivity index (χ1v) is 7.14. The van der Waals surface area contributed by atoms with Crippen molar-refractivity contribution < 1.29 is 0 Å². The van der Waals surface area contributed by atoms with Gasteiger partial charge in [0.2, 0.25) is 0 Å². The smallest absolute Gasteiger partial charge is 0.140 e. The van der Waals surface area contributed by atoms with Crippen LogP contribution in [0.15, 0.2) is 24.3 Å². The molecule has 1 N–H and O–H groups in total. The molecule has 1 aromatic heterocycles. The monoisotopic (exact) mass is 280 g/mol. The van der Waals surface area contributed by atoms with E-state index < -0.39 is 0 Å². The summed E-state index contributed by atoms with van der Waals surface area (Å²) in [6.45, 7) is 0. The summed E-state index contributed by atoms with van der Waals surface area (Å²) in [4.78, 5) is 7.78. The van der Waals surface area contributed by atoms with Crippen molar-refractivity contribution in [3.8, 4) is 11.4 Å². The van der Waals surface area contributed by atoms with Gasteiger partial charge in [0.1, 0.15) is 10.5 Å². The zero-order valence-corrected chi connectivity index (χ0v) is 11.3. The lowest BCUT2D eigenvalue weighted by atomic mass is 10.2. The molecule has 1 aromatic carbocycles. The van der Waals surface area contributed by atoms with Crippen molar-refractivity contribution in [2.24, 2.45) is 0 Å². The lowest BCUT2D eigenvalue weighted by Gasteiger charge is -2.06. The maximum Gasteiger partial charge on any atom is 0.140 e. The molecule has 17 heavy (non-hydrogen) atoms. The molecule has 0 saturated carbocycles. The van der Waals surface area contributed by atoms with Gasteiger partial charge in [-0.15, -0.1) is 0 Å². The van der Waals surface area contributed by atoms with E-state index in [1.54, 1.807) is 0 Å².